The highest BCUT2D eigenvalue weighted by atomic mass is 19.3. The van der Waals surface area contributed by atoms with Gasteiger partial charge in [0.1, 0.15) is 11.2 Å². The fourth-order valence-corrected chi connectivity index (χ4v) is 2.97. The van der Waals surface area contributed by atoms with Gasteiger partial charge in [0.25, 0.3) is 5.92 Å². The Morgan fingerprint density at radius 2 is 1.54 bits per heavy atom. The van der Waals surface area contributed by atoms with Crippen LogP contribution in [0.1, 0.15) is 30.7 Å². The monoisotopic (exact) mass is 323 g/mol. The van der Waals surface area contributed by atoms with Gasteiger partial charge in [-0.2, -0.15) is 8.78 Å². The molecular formula is C19H15F2N3. The molecule has 0 fully saturated rings. The molecule has 2 heterocycles. The molecule has 24 heavy (non-hydrogen) atoms. The molecule has 3 aromatic rings. The number of alkyl halides is 2. The van der Waals surface area contributed by atoms with E-state index >= 15 is 0 Å². The topological polar surface area (TPSA) is 38.1 Å². The van der Waals surface area contributed by atoms with Gasteiger partial charge in [-0.25, -0.2) is 4.98 Å². The fraction of sp³-hybridized carbons (Fsp3) is 0.211. The minimum absolute atomic E-state index is 0.0186. The molecule has 0 radical (unpaired) electrons. The van der Waals surface area contributed by atoms with Crippen LogP contribution in [-0.2, 0) is 5.92 Å². The van der Waals surface area contributed by atoms with E-state index in [1.54, 1.807) is 24.4 Å². The molecule has 2 aromatic carbocycles. The third kappa shape index (κ3) is 2.04. The van der Waals surface area contributed by atoms with Crippen molar-refractivity contribution in [2.75, 3.05) is 0 Å². The van der Waals surface area contributed by atoms with E-state index in [0.717, 1.165) is 5.52 Å². The molecule has 0 N–H and O–H groups in total. The number of halogens is 2. The Morgan fingerprint density at radius 1 is 0.875 bits per heavy atom. The lowest BCUT2D eigenvalue weighted by Crippen LogP contribution is -2.44. The van der Waals surface area contributed by atoms with Crippen molar-refractivity contribution in [3.8, 4) is 0 Å². The number of para-hydroxylation sites is 2. The van der Waals surface area contributed by atoms with Crippen molar-refractivity contribution in [3.63, 3.8) is 0 Å². The van der Waals surface area contributed by atoms with E-state index in [0.29, 0.717) is 22.5 Å². The summed E-state index contributed by atoms with van der Waals surface area (Å²) in [6.07, 6.45) is 1.59. The van der Waals surface area contributed by atoms with Crippen LogP contribution in [-0.4, -0.2) is 21.2 Å². The van der Waals surface area contributed by atoms with Gasteiger partial charge in [0, 0.05) is 11.1 Å². The standard InChI is InChI=1S/C19H15F2N3/c1-18(2)19(20,21)13-8-4-3-7-12(13)17(24-18)16-11-22-14-9-5-6-10-15(14)23-16/h3-11H,1-2H3. The summed E-state index contributed by atoms with van der Waals surface area (Å²) in [4.78, 5) is 13.3. The highest BCUT2D eigenvalue weighted by molar-refractivity contribution is 6.14. The zero-order valence-electron chi connectivity index (χ0n) is 13.3. The van der Waals surface area contributed by atoms with Crippen LogP contribution in [0.4, 0.5) is 8.78 Å². The zero-order valence-corrected chi connectivity index (χ0v) is 13.3. The van der Waals surface area contributed by atoms with Crippen LogP contribution in [0, 0.1) is 0 Å². The summed E-state index contributed by atoms with van der Waals surface area (Å²) < 4.78 is 29.5. The maximum absolute atomic E-state index is 14.8. The highest BCUT2D eigenvalue weighted by Crippen LogP contribution is 2.46. The maximum Gasteiger partial charge on any atom is 0.297 e. The van der Waals surface area contributed by atoms with Crippen LogP contribution < -0.4 is 0 Å². The van der Waals surface area contributed by atoms with Gasteiger partial charge in [0.15, 0.2) is 0 Å². The Balaban J connectivity index is 1.98. The SMILES string of the molecule is CC1(C)N=C(c2cnc3ccccc3n2)c2ccccc2C1(F)F. The number of nitrogens with zero attached hydrogens (tertiary/aromatic N) is 3. The van der Waals surface area contributed by atoms with E-state index in [-0.39, 0.29) is 5.56 Å². The van der Waals surface area contributed by atoms with E-state index in [9.17, 15) is 8.78 Å². The molecule has 0 bridgehead atoms. The van der Waals surface area contributed by atoms with Gasteiger partial charge in [-0.3, -0.25) is 9.98 Å². The van der Waals surface area contributed by atoms with Gasteiger partial charge in [-0.15, -0.1) is 0 Å². The number of hydrogen-bond acceptors (Lipinski definition) is 3. The second kappa shape index (κ2) is 4.90. The molecule has 120 valence electrons. The maximum atomic E-state index is 14.8. The van der Waals surface area contributed by atoms with Crippen LogP contribution >= 0.6 is 0 Å². The van der Waals surface area contributed by atoms with E-state index in [1.165, 1.54) is 19.9 Å². The van der Waals surface area contributed by atoms with Crippen LogP contribution in [0.5, 0.6) is 0 Å². The van der Waals surface area contributed by atoms with Crippen molar-refractivity contribution >= 4 is 16.7 Å². The smallest absolute Gasteiger partial charge is 0.270 e. The highest BCUT2D eigenvalue weighted by Gasteiger charge is 2.52. The number of fused-ring (bicyclic) bond motifs is 2. The van der Waals surface area contributed by atoms with E-state index in [1.807, 2.05) is 24.3 Å². The number of hydrogen-bond donors (Lipinski definition) is 0. The van der Waals surface area contributed by atoms with Crippen LogP contribution in [0.15, 0.2) is 59.7 Å². The molecule has 0 saturated carbocycles. The van der Waals surface area contributed by atoms with Crippen molar-refractivity contribution in [2.24, 2.45) is 4.99 Å². The molecule has 3 nitrogen and oxygen atoms in total. The number of aliphatic imine (C=N–C) groups is 1. The van der Waals surface area contributed by atoms with E-state index in [2.05, 4.69) is 15.0 Å². The first-order valence-electron chi connectivity index (χ1n) is 7.70. The minimum atomic E-state index is -3.04. The van der Waals surface area contributed by atoms with Crippen LogP contribution in [0.25, 0.3) is 11.0 Å². The molecule has 0 saturated heterocycles. The number of benzene rings is 2. The third-order valence-corrected chi connectivity index (χ3v) is 4.37. The van der Waals surface area contributed by atoms with Gasteiger partial charge in [0.05, 0.1) is 22.9 Å². The normalized spacial score (nSPS) is 18.1. The fourth-order valence-electron chi connectivity index (χ4n) is 2.97. The molecule has 1 aromatic heterocycles. The largest absolute Gasteiger partial charge is 0.297 e. The average Bonchev–Trinajstić information content (AvgIpc) is 2.58. The summed E-state index contributed by atoms with van der Waals surface area (Å²) in [5, 5.41) is 0. The average molecular weight is 323 g/mol. The first-order valence-corrected chi connectivity index (χ1v) is 7.70. The number of rotatable bonds is 1. The lowest BCUT2D eigenvalue weighted by Gasteiger charge is -2.36. The van der Waals surface area contributed by atoms with Crippen LogP contribution in [0.3, 0.4) is 0 Å². The number of aromatic nitrogens is 2. The zero-order chi connectivity index (χ0) is 16.9. The second-order valence-corrected chi connectivity index (χ2v) is 6.38. The molecule has 0 amide bonds. The van der Waals surface area contributed by atoms with E-state index < -0.39 is 11.5 Å². The molecule has 1 aliphatic rings. The predicted molar refractivity (Wildman–Crippen MR) is 89.6 cm³/mol. The van der Waals surface area contributed by atoms with Crippen molar-refractivity contribution in [2.45, 2.75) is 25.3 Å². The van der Waals surface area contributed by atoms with Gasteiger partial charge in [0.2, 0.25) is 0 Å². The van der Waals surface area contributed by atoms with Gasteiger partial charge in [-0.05, 0) is 26.0 Å². The third-order valence-electron chi connectivity index (χ3n) is 4.37. The summed E-state index contributed by atoms with van der Waals surface area (Å²) >= 11 is 0. The summed E-state index contributed by atoms with van der Waals surface area (Å²) in [5.41, 5.74) is 1.27. The van der Waals surface area contributed by atoms with Gasteiger partial charge >= 0.3 is 0 Å². The molecule has 5 heteroatoms. The van der Waals surface area contributed by atoms with Crippen molar-refractivity contribution in [3.05, 3.63) is 71.5 Å². The quantitative estimate of drug-likeness (QED) is 0.668. The van der Waals surface area contributed by atoms with Gasteiger partial charge in [-0.1, -0.05) is 36.4 Å². The van der Waals surface area contributed by atoms with Crippen LogP contribution in [0.2, 0.25) is 0 Å². The minimum Gasteiger partial charge on any atom is -0.270 e. The van der Waals surface area contributed by atoms with Crippen molar-refractivity contribution in [1.29, 1.82) is 0 Å². The Kier molecular flexibility index (Phi) is 3.04. The molecular weight excluding hydrogens is 308 g/mol. The van der Waals surface area contributed by atoms with Crippen molar-refractivity contribution < 1.29 is 8.78 Å². The summed E-state index contributed by atoms with van der Waals surface area (Å²) in [6.45, 7) is 2.88. The molecule has 0 unspecified atom stereocenters. The lowest BCUT2D eigenvalue weighted by molar-refractivity contribution is -0.0682. The Bertz CT molecular complexity index is 977. The first-order chi connectivity index (χ1) is 11.4. The molecule has 0 atom stereocenters. The summed E-state index contributed by atoms with van der Waals surface area (Å²) in [6, 6.07) is 13.9. The van der Waals surface area contributed by atoms with Crippen molar-refractivity contribution in [1.82, 2.24) is 9.97 Å². The molecule has 1 aliphatic heterocycles. The lowest BCUT2D eigenvalue weighted by atomic mass is 9.82. The summed E-state index contributed by atoms with van der Waals surface area (Å²) in [5.74, 6) is -3.04. The predicted octanol–water partition coefficient (Wildman–Crippen LogP) is 4.35. The second-order valence-electron chi connectivity index (χ2n) is 6.38. The Hall–Kier alpha value is -2.69. The first kappa shape index (κ1) is 14.9. The molecule has 0 spiro atoms. The molecule has 0 aliphatic carbocycles. The summed E-state index contributed by atoms with van der Waals surface area (Å²) in [7, 11) is 0. The van der Waals surface area contributed by atoms with Gasteiger partial charge < -0.3 is 0 Å². The molecule has 4 rings (SSSR count). The van der Waals surface area contributed by atoms with E-state index in [4.69, 9.17) is 0 Å². The Labute approximate surface area is 138 Å². The Morgan fingerprint density at radius 3 is 2.33 bits per heavy atom.